The lowest BCUT2D eigenvalue weighted by Crippen LogP contribution is -2.29. The quantitative estimate of drug-likeness (QED) is 0.254. The summed E-state index contributed by atoms with van der Waals surface area (Å²) in [5.74, 6) is 0. The molecule has 3 heterocycles. The molecule has 0 fully saturated rings. The Bertz CT molecular complexity index is 1180. The highest BCUT2D eigenvalue weighted by Gasteiger charge is 2.26. The number of aryl methyl sites for hydroxylation is 1. The number of nitrogens with one attached hydrogen (secondary N) is 1. The molecular formula is C30H34BrN5. The number of aromatic nitrogens is 3. The van der Waals surface area contributed by atoms with Gasteiger partial charge in [0.25, 0.3) is 0 Å². The monoisotopic (exact) mass is 543 g/mol. The van der Waals surface area contributed by atoms with Crippen LogP contribution in [0.1, 0.15) is 59.1 Å². The molecule has 0 saturated heterocycles. The molecular weight excluding hydrogens is 510 g/mol. The van der Waals surface area contributed by atoms with Gasteiger partial charge in [-0.05, 0) is 66.3 Å². The van der Waals surface area contributed by atoms with Crippen molar-refractivity contribution in [3.63, 3.8) is 0 Å². The van der Waals surface area contributed by atoms with Crippen molar-refractivity contribution < 1.29 is 0 Å². The van der Waals surface area contributed by atoms with Crippen LogP contribution in [-0.4, -0.2) is 19.9 Å². The molecule has 0 spiro atoms. The van der Waals surface area contributed by atoms with Crippen molar-refractivity contribution in [2.75, 3.05) is 0 Å². The first kappa shape index (κ1) is 26.1. The van der Waals surface area contributed by atoms with Crippen LogP contribution in [0.3, 0.4) is 0 Å². The lowest BCUT2D eigenvalue weighted by molar-refractivity contribution is 0.163. The third-order valence-corrected chi connectivity index (χ3v) is 6.72. The van der Waals surface area contributed by atoms with Crippen LogP contribution in [0.4, 0.5) is 0 Å². The highest BCUT2D eigenvalue weighted by atomic mass is 79.9. The van der Waals surface area contributed by atoms with Crippen molar-refractivity contribution in [1.29, 1.82) is 0 Å². The number of fused-ring (bicyclic) bond motifs is 1. The van der Waals surface area contributed by atoms with Crippen LogP contribution in [0.2, 0.25) is 0 Å². The molecule has 3 aromatic heterocycles. The van der Waals surface area contributed by atoms with Gasteiger partial charge in [0.15, 0.2) is 0 Å². The summed E-state index contributed by atoms with van der Waals surface area (Å²) in [5.41, 5.74) is 7.40. The standard InChI is InChI=1S/C30H33N5.BrH/c1-2-12-29(30-26(8-1)9-7-19-34-30)35(23-28-11-4-6-18-33-28)22-25-15-13-24(14-16-25)20-31-21-27-10-3-5-17-32-27;/h3-7,9-11,13-19,29,31H,1-2,8,12,20-23H2;1H. The normalized spacial score (nSPS) is 15.1. The molecule has 0 aliphatic heterocycles. The molecule has 1 aromatic carbocycles. The number of rotatable bonds is 9. The van der Waals surface area contributed by atoms with Crippen molar-refractivity contribution in [2.24, 2.45) is 0 Å². The Morgan fingerprint density at radius 3 is 2.17 bits per heavy atom. The Kier molecular flexibility index (Phi) is 9.73. The van der Waals surface area contributed by atoms with Crippen LogP contribution >= 0.6 is 17.0 Å². The van der Waals surface area contributed by atoms with E-state index in [9.17, 15) is 0 Å². The maximum Gasteiger partial charge on any atom is 0.0607 e. The van der Waals surface area contributed by atoms with Gasteiger partial charge in [-0.1, -0.05) is 48.9 Å². The van der Waals surface area contributed by atoms with Gasteiger partial charge in [-0.2, -0.15) is 0 Å². The summed E-state index contributed by atoms with van der Waals surface area (Å²) in [6.07, 6.45) is 10.4. The van der Waals surface area contributed by atoms with Gasteiger partial charge in [-0.25, -0.2) is 0 Å². The van der Waals surface area contributed by atoms with E-state index < -0.39 is 0 Å². The fourth-order valence-corrected chi connectivity index (χ4v) is 4.92. The first-order valence-corrected chi connectivity index (χ1v) is 12.6. The van der Waals surface area contributed by atoms with Crippen molar-refractivity contribution in [3.05, 3.63) is 125 Å². The molecule has 4 aromatic rings. The zero-order chi connectivity index (χ0) is 23.7. The molecule has 186 valence electrons. The van der Waals surface area contributed by atoms with E-state index >= 15 is 0 Å². The van der Waals surface area contributed by atoms with E-state index in [0.29, 0.717) is 6.04 Å². The number of pyridine rings is 3. The summed E-state index contributed by atoms with van der Waals surface area (Å²) in [4.78, 5) is 16.4. The fraction of sp³-hybridized carbons (Fsp3) is 0.300. The van der Waals surface area contributed by atoms with Crippen LogP contribution in [0.25, 0.3) is 0 Å². The van der Waals surface area contributed by atoms with E-state index in [0.717, 1.165) is 50.4 Å². The summed E-state index contributed by atoms with van der Waals surface area (Å²) in [7, 11) is 0. The van der Waals surface area contributed by atoms with E-state index in [2.05, 4.69) is 68.7 Å². The van der Waals surface area contributed by atoms with Crippen LogP contribution in [0.5, 0.6) is 0 Å². The smallest absolute Gasteiger partial charge is 0.0607 e. The van der Waals surface area contributed by atoms with Crippen LogP contribution in [0.15, 0.2) is 91.4 Å². The van der Waals surface area contributed by atoms with Crippen molar-refractivity contribution in [2.45, 2.75) is 57.9 Å². The zero-order valence-corrected chi connectivity index (χ0v) is 22.3. The van der Waals surface area contributed by atoms with Gasteiger partial charge in [0.1, 0.15) is 0 Å². The topological polar surface area (TPSA) is 53.9 Å². The lowest BCUT2D eigenvalue weighted by Gasteiger charge is -2.31. The van der Waals surface area contributed by atoms with E-state index in [1.807, 2.05) is 42.9 Å². The summed E-state index contributed by atoms with van der Waals surface area (Å²) in [6, 6.07) is 25.8. The average Bonchev–Trinajstić information content (AvgIpc) is 3.13. The Labute approximate surface area is 224 Å². The molecule has 1 aliphatic carbocycles. The van der Waals surface area contributed by atoms with Gasteiger partial charge >= 0.3 is 0 Å². The van der Waals surface area contributed by atoms with Gasteiger partial charge in [0.05, 0.1) is 23.1 Å². The second-order valence-corrected chi connectivity index (χ2v) is 9.28. The molecule has 1 atom stereocenters. The minimum absolute atomic E-state index is 0. The highest BCUT2D eigenvalue weighted by molar-refractivity contribution is 8.93. The predicted octanol–water partition coefficient (Wildman–Crippen LogP) is 6.21. The fourth-order valence-electron chi connectivity index (χ4n) is 4.92. The molecule has 1 unspecified atom stereocenters. The number of hydrogen-bond acceptors (Lipinski definition) is 5. The van der Waals surface area contributed by atoms with E-state index in [-0.39, 0.29) is 17.0 Å². The largest absolute Gasteiger partial charge is 0.307 e. The number of hydrogen-bond donors (Lipinski definition) is 1. The molecule has 0 bridgehead atoms. The summed E-state index contributed by atoms with van der Waals surface area (Å²) >= 11 is 0. The van der Waals surface area contributed by atoms with Gasteiger partial charge < -0.3 is 5.32 Å². The van der Waals surface area contributed by atoms with Gasteiger partial charge in [0, 0.05) is 44.8 Å². The van der Waals surface area contributed by atoms with Gasteiger partial charge in [-0.15, -0.1) is 17.0 Å². The molecule has 5 rings (SSSR count). The molecule has 5 nitrogen and oxygen atoms in total. The SMILES string of the molecule is Br.c1ccc(CNCc2ccc(CN(Cc3ccccn3)C3CCCCc4cccnc43)cc2)nc1. The van der Waals surface area contributed by atoms with E-state index in [1.54, 1.807) is 0 Å². The first-order valence-electron chi connectivity index (χ1n) is 12.6. The summed E-state index contributed by atoms with van der Waals surface area (Å²) < 4.78 is 0. The minimum Gasteiger partial charge on any atom is -0.307 e. The highest BCUT2D eigenvalue weighted by Crippen LogP contribution is 2.33. The van der Waals surface area contributed by atoms with Gasteiger partial charge in [0.2, 0.25) is 0 Å². The molecule has 0 saturated carbocycles. The first-order chi connectivity index (χ1) is 17.3. The molecule has 1 aliphatic rings. The molecule has 0 amide bonds. The maximum absolute atomic E-state index is 4.86. The number of benzene rings is 1. The van der Waals surface area contributed by atoms with E-state index in [4.69, 9.17) is 4.98 Å². The zero-order valence-electron chi connectivity index (χ0n) is 20.6. The maximum atomic E-state index is 4.86. The Hall–Kier alpha value is -2.93. The summed E-state index contributed by atoms with van der Waals surface area (Å²) in [5, 5.41) is 3.49. The number of halogens is 1. The van der Waals surface area contributed by atoms with Crippen LogP contribution in [0, 0.1) is 0 Å². The van der Waals surface area contributed by atoms with Crippen molar-refractivity contribution in [1.82, 2.24) is 25.2 Å². The Morgan fingerprint density at radius 2 is 1.42 bits per heavy atom. The molecule has 6 heteroatoms. The molecule has 36 heavy (non-hydrogen) atoms. The van der Waals surface area contributed by atoms with E-state index in [1.165, 1.54) is 35.2 Å². The second-order valence-electron chi connectivity index (χ2n) is 9.28. The predicted molar refractivity (Wildman–Crippen MR) is 150 cm³/mol. The lowest BCUT2D eigenvalue weighted by atomic mass is 10.0. The Balaban J connectivity index is 0.00000304. The van der Waals surface area contributed by atoms with Crippen molar-refractivity contribution >= 4 is 17.0 Å². The summed E-state index contributed by atoms with van der Waals surface area (Å²) in [6.45, 7) is 3.29. The molecule has 1 N–H and O–H groups in total. The minimum atomic E-state index is 0. The molecule has 0 radical (unpaired) electrons. The Morgan fingerprint density at radius 1 is 0.694 bits per heavy atom. The third kappa shape index (κ3) is 7.06. The number of nitrogens with zero attached hydrogens (tertiary/aromatic N) is 4. The van der Waals surface area contributed by atoms with Crippen molar-refractivity contribution in [3.8, 4) is 0 Å². The van der Waals surface area contributed by atoms with Crippen LogP contribution < -0.4 is 5.32 Å². The second kappa shape index (κ2) is 13.4. The van der Waals surface area contributed by atoms with Crippen LogP contribution in [-0.2, 0) is 32.6 Å². The van der Waals surface area contributed by atoms with Gasteiger partial charge in [-0.3, -0.25) is 19.9 Å². The third-order valence-electron chi connectivity index (χ3n) is 6.72. The average molecular weight is 545 g/mol.